The lowest BCUT2D eigenvalue weighted by atomic mass is 10.1. The first-order valence-electron chi connectivity index (χ1n) is 13.5. The van der Waals surface area contributed by atoms with Crippen LogP contribution in [-0.4, -0.2) is 90.9 Å². The first kappa shape index (κ1) is 26.6. The van der Waals surface area contributed by atoms with Crippen LogP contribution in [0.5, 0.6) is 5.75 Å². The van der Waals surface area contributed by atoms with Crippen LogP contribution < -0.4 is 9.64 Å². The number of carbonyl (C=O) groups excluding carboxylic acids is 2. The quantitative estimate of drug-likeness (QED) is 0.442. The van der Waals surface area contributed by atoms with Gasteiger partial charge in [0.15, 0.2) is 5.82 Å². The molecule has 3 heterocycles. The molecule has 0 bridgehead atoms. The van der Waals surface area contributed by atoms with Gasteiger partial charge in [-0.15, -0.1) is 10.2 Å². The summed E-state index contributed by atoms with van der Waals surface area (Å²) in [6, 6.07) is 19.1. The fraction of sp³-hybridized carbons (Fsp3) is 0.400. The van der Waals surface area contributed by atoms with Crippen molar-refractivity contribution in [1.29, 1.82) is 0 Å². The molecule has 2 aliphatic rings. The Morgan fingerprint density at radius 1 is 0.974 bits per heavy atom. The van der Waals surface area contributed by atoms with Gasteiger partial charge in [-0.1, -0.05) is 17.7 Å². The Labute approximate surface area is 229 Å². The number of nitrogens with zero attached hydrogens (tertiary/aromatic N) is 5. The molecule has 9 heteroatoms. The zero-order valence-electron chi connectivity index (χ0n) is 22.6. The highest BCUT2D eigenvalue weighted by Crippen LogP contribution is 2.22. The second kappa shape index (κ2) is 12.3. The number of aromatic nitrogens is 2. The number of amides is 2. The summed E-state index contributed by atoms with van der Waals surface area (Å²) >= 11 is 0. The van der Waals surface area contributed by atoms with Gasteiger partial charge < -0.3 is 24.2 Å². The minimum atomic E-state index is -0.135. The maximum Gasteiger partial charge on any atom is 0.254 e. The summed E-state index contributed by atoms with van der Waals surface area (Å²) in [5, 5.41) is 8.84. The number of hydrogen-bond acceptors (Lipinski definition) is 7. The SMILES string of the molecule is COc1ccc(-c2ccc(N3CCN(C(=O)CN(CC4CCCO4)C(=O)c4ccc(C)cc4)CC3)nn2)cc1. The van der Waals surface area contributed by atoms with Crippen molar-refractivity contribution in [3.05, 3.63) is 71.8 Å². The van der Waals surface area contributed by atoms with Crippen molar-refractivity contribution in [2.24, 2.45) is 0 Å². The van der Waals surface area contributed by atoms with Crippen LogP contribution in [0.15, 0.2) is 60.7 Å². The first-order valence-corrected chi connectivity index (χ1v) is 13.5. The van der Waals surface area contributed by atoms with E-state index in [0.29, 0.717) is 44.9 Å². The van der Waals surface area contributed by atoms with Crippen molar-refractivity contribution in [3.8, 4) is 17.0 Å². The number of methoxy groups -OCH3 is 1. The number of rotatable bonds is 8. The van der Waals surface area contributed by atoms with Crippen molar-refractivity contribution in [1.82, 2.24) is 20.0 Å². The van der Waals surface area contributed by atoms with Crippen LogP contribution in [0, 0.1) is 6.92 Å². The Hall–Kier alpha value is -3.98. The van der Waals surface area contributed by atoms with Gasteiger partial charge in [-0.2, -0.15) is 0 Å². The molecule has 5 rings (SSSR count). The molecule has 2 fully saturated rings. The Morgan fingerprint density at radius 3 is 2.33 bits per heavy atom. The molecule has 1 unspecified atom stereocenters. The summed E-state index contributed by atoms with van der Waals surface area (Å²) in [5.74, 6) is 1.40. The first-order chi connectivity index (χ1) is 19.0. The molecule has 2 amide bonds. The molecule has 3 aromatic rings. The number of piperazine rings is 1. The Balaban J connectivity index is 1.18. The third-order valence-corrected chi connectivity index (χ3v) is 7.35. The van der Waals surface area contributed by atoms with Crippen LogP contribution in [0.4, 0.5) is 5.82 Å². The largest absolute Gasteiger partial charge is 0.497 e. The van der Waals surface area contributed by atoms with Crippen LogP contribution in [0.3, 0.4) is 0 Å². The van der Waals surface area contributed by atoms with Gasteiger partial charge in [0.25, 0.3) is 5.91 Å². The van der Waals surface area contributed by atoms with Crippen molar-refractivity contribution in [3.63, 3.8) is 0 Å². The third-order valence-electron chi connectivity index (χ3n) is 7.35. The van der Waals surface area contributed by atoms with E-state index in [9.17, 15) is 9.59 Å². The van der Waals surface area contributed by atoms with Crippen LogP contribution in [-0.2, 0) is 9.53 Å². The number of ether oxygens (including phenoxy) is 2. The van der Waals surface area contributed by atoms with E-state index in [4.69, 9.17) is 9.47 Å². The van der Waals surface area contributed by atoms with E-state index in [-0.39, 0.29) is 24.5 Å². The Kier molecular flexibility index (Phi) is 8.36. The van der Waals surface area contributed by atoms with E-state index in [2.05, 4.69) is 15.1 Å². The minimum Gasteiger partial charge on any atom is -0.497 e. The molecule has 0 spiro atoms. The summed E-state index contributed by atoms with van der Waals surface area (Å²) in [7, 11) is 1.64. The van der Waals surface area contributed by atoms with Crippen molar-refractivity contribution in [2.45, 2.75) is 25.9 Å². The van der Waals surface area contributed by atoms with Gasteiger partial charge in [-0.25, -0.2) is 0 Å². The highest BCUT2D eigenvalue weighted by Gasteiger charge is 2.28. The number of benzene rings is 2. The van der Waals surface area contributed by atoms with E-state index in [1.807, 2.05) is 72.5 Å². The predicted molar refractivity (Wildman–Crippen MR) is 149 cm³/mol. The van der Waals surface area contributed by atoms with E-state index in [1.165, 1.54) is 0 Å². The summed E-state index contributed by atoms with van der Waals surface area (Å²) in [6.45, 7) is 5.59. The van der Waals surface area contributed by atoms with Gasteiger partial charge in [0, 0.05) is 50.5 Å². The summed E-state index contributed by atoms with van der Waals surface area (Å²) in [4.78, 5) is 32.3. The normalized spacial score (nSPS) is 17.2. The minimum absolute atomic E-state index is 0.0245. The van der Waals surface area contributed by atoms with Crippen molar-refractivity contribution >= 4 is 17.6 Å². The highest BCUT2D eigenvalue weighted by atomic mass is 16.5. The lowest BCUT2D eigenvalue weighted by Gasteiger charge is -2.36. The van der Waals surface area contributed by atoms with Gasteiger partial charge >= 0.3 is 0 Å². The smallest absolute Gasteiger partial charge is 0.254 e. The van der Waals surface area contributed by atoms with Crippen LogP contribution >= 0.6 is 0 Å². The van der Waals surface area contributed by atoms with Gasteiger partial charge in [0.1, 0.15) is 12.3 Å². The molecule has 0 aliphatic carbocycles. The van der Waals surface area contributed by atoms with Gasteiger partial charge in [0.2, 0.25) is 5.91 Å². The van der Waals surface area contributed by atoms with Gasteiger partial charge in [0.05, 0.1) is 18.9 Å². The molecule has 0 saturated carbocycles. The average Bonchev–Trinajstić information content (AvgIpc) is 3.50. The van der Waals surface area contributed by atoms with E-state index in [0.717, 1.165) is 41.2 Å². The second-order valence-corrected chi connectivity index (χ2v) is 10.1. The molecule has 204 valence electrons. The number of hydrogen-bond donors (Lipinski definition) is 0. The lowest BCUT2D eigenvalue weighted by molar-refractivity contribution is -0.132. The average molecular weight is 530 g/mol. The lowest BCUT2D eigenvalue weighted by Crippen LogP contribution is -2.52. The monoisotopic (exact) mass is 529 g/mol. The zero-order valence-corrected chi connectivity index (χ0v) is 22.6. The molecule has 39 heavy (non-hydrogen) atoms. The summed E-state index contributed by atoms with van der Waals surface area (Å²) in [6.07, 6.45) is 1.86. The van der Waals surface area contributed by atoms with E-state index < -0.39 is 0 Å². The maximum absolute atomic E-state index is 13.3. The predicted octanol–water partition coefficient (Wildman–Crippen LogP) is 3.43. The molecular weight excluding hydrogens is 494 g/mol. The molecule has 0 N–H and O–H groups in total. The highest BCUT2D eigenvalue weighted by molar-refractivity contribution is 5.96. The third kappa shape index (κ3) is 6.54. The van der Waals surface area contributed by atoms with Crippen molar-refractivity contribution < 1.29 is 19.1 Å². The second-order valence-electron chi connectivity index (χ2n) is 10.1. The fourth-order valence-electron chi connectivity index (χ4n) is 4.99. The molecule has 2 aliphatic heterocycles. The standard InChI is InChI=1S/C30H35N5O4/c1-22-5-7-24(8-6-22)30(37)35(20-26-4-3-19-39-26)21-29(36)34-17-15-33(16-18-34)28-14-13-27(31-32-28)23-9-11-25(38-2)12-10-23/h5-14,26H,3-4,15-21H2,1-2H3. The maximum atomic E-state index is 13.3. The molecule has 0 radical (unpaired) electrons. The fourth-order valence-corrected chi connectivity index (χ4v) is 4.99. The molecule has 1 aromatic heterocycles. The zero-order chi connectivity index (χ0) is 27.2. The number of anilines is 1. The van der Waals surface area contributed by atoms with Crippen LogP contribution in [0.1, 0.15) is 28.8 Å². The molecular formula is C30H35N5O4. The number of carbonyl (C=O) groups is 2. The molecule has 2 saturated heterocycles. The van der Waals surface area contributed by atoms with E-state index >= 15 is 0 Å². The summed E-state index contributed by atoms with van der Waals surface area (Å²) in [5.41, 5.74) is 3.44. The molecule has 1 atom stereocenters. The van der Waals surface area contributed by atoms with E-state index in [1.54, 1.807) is 12.0 Å². The Morgan fingerprint density at radius 2 is 1.72 bits per heavy atom. The molecule has 9 nitrogen and oxygen atoms in total. The molecule has 2 aromatic carbocycles. The van der Waals surface area contributed by atoms with Gasteiger partial charge in [-0.05, 0) is 68.3 Å². The Bertz CT molecular complexity index is 1250. The van der Waals surface area contributed by atoms with Crippen LogP contribution in [0.2, 0.25) is 0 Å². The summed E-state index contributed by atoms with van der Waals surface area (Å²) < 4.78 is 11.0. The van der Waals surface area contributed by atoms with Crippen molar-refractivity contribution in [2.75, 3.05) is 57.9 Å². The topological polar surface area (TPSA) is 88.1 Å². The van der Waals surface area contributed by atoms with Crippen LogP contribution in [0.25, 0.3) is 11.3 Å². The number of aryl methyl sites for hydroxylation is 1. The van der Waals surface area contributed by atoms with Gasteiger partial charge in [-0.3, -0.25) is 9.59 Å².